The highest BCUT2D eigenvalue weighted by atomic mass is 32.2. The molecule has 0 aliphatic rings. The zero-order chi connectivity index (χ0) is 19.9. The zero-order valence-electron chi connectivity index (χ0n) is 14.6. The summed E-state index contributed by atoms with van der Waals surface area (Å²) in [6.07, 6.45) is 3.04. The van der Waals surface area contributed by atoms with Crippen molar-refractivity contribution in [2.24, 2.45) is 5.73 Å². The lowest BCUT2D eigenvalue weighted by atomic mass is 10.0. The molecule has 0 spiro atoms. The highest BCUT2D eigenvalue weighted by Gasteiger charge is 2.17. The standard InChI is InChI=1S/C20H15N5O2S/c21-11-16-15(13-4-2-1-3-5-13)10-18(25-20(16)28-12-17(22)26)24-19(27)14-6-8-23-9-7-14/h1-10H,12H2,(H2,22,26)(H,24,25,27). The van der Waals surface area contributed by atoms with E-state index in [1.165, 1.54) is 12.4 Å². The molecule has 138 valence electrons. The molecule has 0 aliphatic carbocycles. The van der Waals surface area contributed by atoms with Gasteiger partial charge in [-0.25, -0.2) is 4.98 Å². The van der Waals surface area contributed by atoms with Gasteiger partial charge in [-0.05, 0) is 23.8 Å². The van der Waals surface area contributed by atoms with Gasteiger partial charge in [0.05, 0.1) is 11.3 Å². The van der Waals surface area contributed by atoms with Crippen LogP contribution in [0, 0.1) is 11.3 Å². The largest absolute Gasteiger partial charge is 0.369 e. The molecule has 0 unspecified atom stereocenters. The van der Waals surface area contributed by atoms with Crippen molar-refractivity contribution in [3.8, 4) is 17.2 Å². The van der Waals surface area contributed by atoms with E-state index in [2.05, 4.69) is 21.4 Å². The minimum absolute atomic E-state index is 0.0301. The van der Waals surface area contributed by atoms with Crippen molar-refractivity contribution in [1.82, 2.24) is 9.97 Å². The molecular formula is C20H15N5O2S. The van der Waals surface area contributed by atoms with E-state index in [4.69, 9.17) is 5.73 Å². The fourth-order valence-electron chi connectivity index (χ4n) is 2.47. The number of carbonyl (C=O) groups excluding carboxylic acids is 2. The van der Waals surface area contributed by atoms with Gasteiger partial charge in [0, 0.05) is 23.5 Å². The monoisotopic (exact) mass is 389 g/mol. The third-order valence-corrected chi connectivity index (χ3v) is 4.72. The van der Waals surface area contributed by atoms with Gasteiger partial charge in [-0.3, -0.25) is 14.6 Å². The summed E-state index contributed by atoms with van der Waals surface area (Å²) in [6, 6.07) is 16.2. The van der Waals surface area contributed by atoms with E-state index in [-0.39, 0.29) is 17.5 Å². The van der Waals surface area contributed by atoms with E-state index in [0.717, 1.165) is 17.3 Å². The Labute approximate surface area is 165 Å². The normalized spacial score (nSPS) is 10.1. The second-order valence-corrected chi connectivity index (χ2v) is 6.62. The molecule has 0 saturated carbocycles. The van der Waals surface area contributed by atoms with Gasteiger partial charge < -0.3 is 11.1 Å². The number of nitrogens with one attached hydrogen (secondary N) is 1. The molecule has 2 aromatic heterocycles. The molecule has 0 bridgehead atoms. The van der Waals surface area contributed by atoms with Crippen LogP contribution in [0.4, 0.5) is 5.82 Å². The molecule has 0 fully saturated rings. The minimum Gasteiger partial charge on any atom is -0.369 e. The van der Waals surface area contributed by atoms with Gasteiger partial charge in [-0.15, -0.1) is 0 Å². The lowest BCUT2D eigenvalue weighted by molar-refractivity contribution is -0.115. The Morgan fingerprint density at radius 2 is 1.86 bits per heavy atom. The third-order valence-electron chi connectivity index (χ3n) is 3.72. The number of hydrogen-bond acceptors (Lipinski definition) is 6. The predicted molar refractivity (Wildman–Crippen MR) is 106 cm³/mol. The van der Waals surface area contributed by atoms with Gasteiger partial charge in [0.25, 0.3) is 5.91 Å². The van der Waals surface area contributed by atoms with E-state index in [1.54, 1.807) is 18.2 Å². The van der Waals surface area contributed by atoms with Crippen LogP contribution in [0.25, 0.3) is 11.1 Å². The maximum atomic E-state index is 12.5. The van der Waals surface area contributed by atoms with E-state index < -0.39 is 5.91 Å². The summed E-state index contributed by atoms with van der Waals surface area (Å²) in [5, 5.41) is 12.7. The summed E-state index contributed by atoms with van der Waals surface area (Å²) >= 11 is 1.06. The van der Waals surface area contributed by atoms with Crippen LogP contribution >= 0.6 is 11.8 Å². The van der Waals surface area contributed by atoms with Crippen molar-refractivity contribution < 1.29 is 9.59 Å². The minimum atomic E-state index is -0.525. The van der Waals surface area contributed by atoms with Crippen LogP contribution in [0.5, 0.6) is 0 Å². The van der Waals surface area contributed by atoms with Crippen LogP contribution in [-0.4, -0.2) is 27.5 Å². The zero-order valence-corrected chi connectivity index (χ0v) is 15.4. The quantitative estimate of drug-likeness (QED) is 0.625. The Kier molecular flexibility index (Phi) is 5.99. The first-order chi connectivity index (χ1) is 13.6. The summed E-state index contributed by atoms with van der Waals surface area (Å²) < 4.78 is 0. The van der Waals surface area contributed by atoms with Crippen LogP contribution in [0.1, 0.15) is 15.9 Å². The SMILES string of the molecule is N#Cc1c(-c2ccccc2)cc(NC(=O)c2ccncc2)nc1SCC(N)=O. The number of nitriles is 1. The van der Waals surface area contributed by atoms with Crippen LogP contribution in [-0.2, 0) is 4.79 Å². The molecule has 2 amide bonds. The Bertz CT molecular complexity index is 1050. The van der Waals surface area contributed by atoms with Crippen LogP contribution in [0.3, 0.4) is 0 Å². The number of nitrogens with two attached hydrogens (primary N) is 1. The molecule has 2 heterocycles. The number of primary amides is 1. The van der Waals surface area contributed by atoms with Gasteiger partial charge >= 0.3 is 0 Å². The van der Waals surface area contributed by atoms with Gasteiger partial charge in [0.2, 0.25) is 5.91 Å². The molecule has 3 rings (SSSR count). The van der Waals surface area contributed by atoms with Crippen LogP contribution in [0.15, 0.2) is 66.0 Å². The molecule has 0 atom stereocenters. The number of thioether (sulfide) groups is 1. The maximum Gasteiger partial charge on any atom is 0.256 e. The fraction of sp³-hybridized carbons (Fsp3) is 0.0500. The summed E-state index contributed by atoms with van der Waals surface area (Å²) in [7, 11) is 0. The lowest BCUT2D eigenvalue weighted by Gasteiger charge is -2.12. The van der Waals surface area contributed by atoms with Crippen molar-refractivity contribution in [2.45, 2.75) is 5.03 Å². The molecule has 1 aromatic carbocycles. The predicted octanol–water partition coefficient (Wildman–Crippen LogP) is 2.84. The van der Waals surface area contributed by atoms with Crippen molar-refractivity contribution in [3.63, 3.8) is 0 Å². The molecule has 28 heavy (non-hydrogen) atoms. The Morgan fingerprint density at radius 3 is 2.50 bits per heavy atom. The smallest absolute Gasteiger partial charge is 0.256 e. The molecule has 0 radical (unpaired) electrons. The highest BCUT2D eigenvalue weighted by Crippen LogP contribution is 2.32. The van der Waals surface area contributed by atoms with Crippen molar-refractivity contribution in [3.05, 3.63) is 72.1 Å². The fourth-order valence-corrected chi connectivity index (χ4v) is 3.22. The number of aromatic nitrogens is 2. The first-order valence-corrected chi connectivity index (χ1v) is 9.20. The molecule has 7 nitrogen and oxygen atoms in total. The number of rotatable bonds is 6. The number of anilines is 1. The molecule has 0 saturated heterocycles. The summed E-state index contributed by atoms with van der Waals surface area (Å²) in [4.78, 5) is 31.9. The second kappa shape index (κ2) is 8.79. The molecule has 0 aliphatic heterocycles. The van der Waals surface area contributed by atoms with E-state index in [0.29, 0.717) is 21.7 Å². The number of carbonyl (C=O) groups is 2. The summed E-state index contributed by atoms with van der Waals surface area (Å²) in [5.41, 5.74) is 7.37. The lowest BCUT2D eigenvalue weighted by Crippen LogP contribution is -2.15. The van der Waals surface area contributed by atoms with Crippen LogP contribution in [0.2, 0.25) is 0 Å². The summed E-state index contributed by atoms with van der Waals surface area (Å²) in [6.45, 7) is 0. The van der Waals surface area contributed by atoms with E-state index >= 15 is 0 Å². The Hall–Kier alpha value is -3.70. The molecular weight excluding hydrogens is 374 g/mol. The van der Waals surface area contributed by atoms with Crippen molar-refractivity contribution >= 4 is 29.4 Å². The molecule has 3 aromatic rings. The first-order valence-electron chi connectivity index (χ1n) is 8.21. The third kappa shape index (κ3) is 4.52. The highest BCUT2D eigenvalue weighted by molar-refractivity contribution is 8.00. The van der Waals surface area contributed by atoms with Gasteiger partial charge in [0.15, 0.2) is 0 Å². The number of amides is 2. The van der Waals surface area contributed by atoms with E-state index in [1.807, 2.05) is 30.3 Å². The number of nitrogens with zero attached hydrogens (tertiary/aromatic N) is 3. The van der Waals surface area contributed by atoms with Crippen molar-refractivity contribution in [2.75, 3.05) is 11.1 Å². The first kappa shape index (κ1) is 19.1. The van der Waals surface area contributed by atoms with Gasteiger partial charge in [-0.1, -0.05) is 42.1 Å². The van der Waals surface area contributed by atoms with Gasteiger partial charge in [0.1, 0.15) is 16.9 Å². The number of hydrogen-bond donors (Lipinski definition) is 2. The average molecular weight is 389 g/mol. The molecule has 8 heteroatoms. The number of benzene rings is 1. The Balaban J connectivity index is 2.04. The van der Waals surface area contributed by atoms with E-state index in [9.17, 15) is 14.9 Å². The Morgan fingerprint density at radius 1 is 1.14 bits per heavy atom. The van der Waals surface area contributed by atoms with Crippen LogP contribution < -0.4 is 11.1 Å². The topological polar surface area (TPSA) is 122 Å². The summed E-state index contributed by atoms with van der Waals surface area (Å²) in [5.74, 6) is -0.642. The number of pyridine rings is 2. The molecule has 3 N–H and O–H groups in total. The average Bonchev–Trinajstić information content (AvgIpc) is 2.73. The van der Waals surface area contributed by atoms with Crippen molar-refractivity contribution in [1.29, 1.82) is 5.26 Å². The van der Waals surface area contributed by atoms with Gasteiger partial charge in [-0.2, -0.15) is 5.26 Å². The second-order valence-electron chi connectivity index (χ2n) is 5.66. The maximum absolute atomic E-state index is 12.5.